The predicted molar refractivity (Wildman–Crippen MR) is 104 cm³/mol. The first-order chi connectivity index (χ1) is 12.4. The van der Waals surface area contributed by atoms with Gasteiger partial charge in [0.1, 0.15) is 5.82 Å². The number of halogens is 1. The number of nitrogens with zero attached hydrogens (tertiary/aromatic N) is 2. The average Bonchev–Trinajstić information content (AvgIpc) is 2.62. The molecule has 1 heterocycles. The summed E-state index contributed by atoms with van der Waals surface area (Å²) < 4.78 is 40.2. The minimum atomic E-state index is -3.50. The van der Waals surface area contributed by atoms with Crippen LogP contribution >= 0.6 is 12.2 Å². The van der Waals surface area contributed by atoms with Gasteiger partial charge in [-0.15, -0.1) is 0 Å². The van der Waals surface area contributed by atoms with Crippen molar-refractivity contribution in [2.24, 2.45) is 0 Å². The monoisotopic (exact) mass is 393 g/mol. The second kappa shape index (κ2) is 7.69. The molecule has 1 N–H and O–H groups in total. The summed E-state index contributed by atoms with van der Waals surface area (Å²) in [5.74, 6) is -0.341. The Morgan fingerprint density at radius 2 is 1.73 bits per heavy atom. The van der Waals surface area contributed by atoms with Crippen LogP contribution in [-0.2, 0) is 10.0 Å². The molecule has 2 aromatic rings. The summed E-state index contributed by atoms with van der Waals surface area (Å²) in [7, 11) is -3.50. The van der Waals surface area contributed by atoms with Crippen LogP contribution in [0.4, 0.5) is 10.1 Å². The Morgan fingerprint density at radius 1 is 1.08 bits per heavy atom. The molecule has 2 aromatic carbocycles. The van der Waals surface area contributed by atoms with Crippen LogP contribution < -0.4 is 5.32 Å². The summed E-state index contributed by atoms with van der Waals surface area (Å²) >= 11 is 5.36. The van der Waals surface area contributed by atoms with Gasteiger partial charge in [0.2, 0.25) is 10.0 Å². The molecule has 0 unspecified atom stereocenters. The summed E-state index contributed by atoms with van der Waals surface area (Å²) in [6.45, 7) is 3.57. The third kappa shape index (κ3) is 4.20. The van der Waals surface area contributed by atoms with Gasteiger partial charge in [-0.25, -0.2) is 12.8 Å². The van der Waals surface area contributed by atoms with Crippen molar-refractivity contribution in [2.45, 2.75) is 11.8 Å². The van der Waals surface area contributed by atoms with E-state index in [1.807, 2.05) is 11.8 Å². The van der Waals surface area contributed by atoms with Crippen molar-refractivity contribution in [3.05, 3.63) is 59.9 Å². The smallest absolute Gasteiger partial charge is 0.243 e. The fourth-order valence-corrected chi connectivity index (χ4v) is 4.48. The largest absolute Gasteiger partial charge is 0.346 e. The van der Waals surface area contributed by atoms with E-state index in [0.717, 1.165) is 5.56 Å². The SMILES string of the molecule is Cc1ccc(S(=O)(=O)N2CCN(C(=S)Nc3cccc(F)c3)CC2)cc1. The van der Waals surface area contributed by atoms with E-state index in [2.05, 4.69) is 5.32 Å². The first kappa shape index (κ1) is 18.8. The number of hydrogen-bond donors (Lipinski definition) is 1. The standard InChI is InChI=1S/C18H20FN3O2S2/c1-14-5-7-17(8-6-14)26(23,24)22-11-9-21(10-12-22)18(25)20-16-4-2-3-15(19)13-16/h2-8,13H,9-12H2,1H3,(H,20,25). The van der Waals surface area contributed by atoms with Crippen molar-refractivity contribution >= 4 is 33.0 Å². The van der Waals surface area contributed by atoms with E-state index in [1.165, 1.54) is 16.4 Å². The molecule has 1 aliphatic heterocycles. The third-order valence-corrected chi connectivity index (χ3v) is 6.53. The lowest BCUT2D eigenvalue weighted by Crippen LogP contribution is -2.51. The fraction of sp³-hybridized carbons (Fsp3) is 0.278. The van der Waals surface area contributed by atoms with Crippen molar-refractivity contribution in [1.82, 2.24) is 9.21 Å². The van der Waals surface area contributed by atoms with E-state index in [9.17, 15) is 12.8 Å². The number of hydrogen-bond acceptors (Lipinski definition) is 3. The van der Waals surface area contributed by atoms with E-state index in [4.69, 9.17) is 12.2 Å². The molecule has 0 atom stereocenters. The van der Waals surface area contributed by atoms with E-state index in [-0.39, 0.29) is 5.82 Å². The zero-order valence-corrected chi connectivity index (χ0v) is 16.0. The lowest BCUT2D eigenvalue weighted by Gasteiger charge is -2.35. The lowest BCUT2D eigenvalue weighted by atomic mass is 10.2. The van der Waals surface area contributed by atoms with Crippen LogP contribution in [-0.4, -0.2) is 48.9 Å². The van der Waals surface area contributed by atoms with Gasteiger partial charge in [-0.1, -0.05) is 23.8 Å². The van der Waals surface area contributed by atoms with Gasteiger partial charge in [-0.05, 0) is 49.5 Å². The number of thiocarbonyl (C=S) groups is 1. The maximum absolute atomic E-state index is 13.3. The fourth-order valence-electron chi connectivity index (χ4n) is 2.76. The minimum absolute atomic E-state index is 0.303. The third-order valence-electron chi connectivity index (χ3n) is 4.26. The summed E-state index contributed by atoms with van der Waals surface area (Å²) in [5.41, 5.74) is 1.59. The average molecular weight is 394 g/mol. The Labute approximate surface area is 158 Å². The van der Waals surface area contributed by atoms with Crippen LogP contribution in [0.3, 0.4) is 0 Å². The van der Waals surface area contributed by atoms with Crippen LogP contribution in [0.1, 0.15) is 5.56 Å². The molecule has 1 fully saturated rings. The molecular formula is C18H20FN3O2S2. The Hall–Kier alpha value is -2.03. The van der Waals surface area contributed by atoms with Gasteiger partial charge < -0.3 is 10.2 Å². The van der Waals surface area contributed by atoms with E-state index < -0.39 is 10.0 Å². The number of piperazine rings is 1. The predicted octanol–water partition coefficient (Wildman–Crippen LogP) is 2.84. The number of aryl methyl sites for hydroxylation is 1. The zero-order valence-electron chi connectivity index (χ0n) is 14.4. The van der Waals surface area contributed by atoms with Crippen LogP contribution in [0.15, 0.2) is 53.4 Å². The highest BCUT2D eigenvalue weighted by Crippen LogP contribution is 2.19. The van der Waals surface area contributed by atoms with Crippen molar-refractivity contribution in [1.29, 1.82) is 0 Å². The normalized spacial score (nSPS) is 15.7. The molecule has 26 heavy (non-hydrogen) atoms. The van der Waals surface area contributed by atoms with Crippen LogP contribution in [0.25, 0.3) is 0 Å². The molecular weight excluding hydrogens is 373 g/mol. The molecule has 0 radical (unpaired) electrons. The molecule has 0 amide bonds. The number of rotatable bonds is 3. The highest BCUT2D eigenvalue weighted by molar-refractivity contribution is 7.89. The number of benzene rings is 2. The van der Waals surface area contributed by atoms with Crippen molar-refractivity contribution < 1.29 is 12.8 Å². The first-order valence-electron chi connectivity index (χ1n) is 8.24. The second-order valence-corrected chi connectivity index (χ2v) is 8.47. The van der Waals surface area contributed by atoms with Crippen LogP contribution in [0.2, 0.25) is 0 Å². The van der Waals surface area contributed by atoms with Gasteiger partial charge >= 0.3 is 0 Å². The lowest BCUT2D eigenvalue weighted by molar-refractivity contribution is 0.268. The molecule has 1 saturated heterocycles. The van der Waals surface area contributed by atoms with Gasteiger partial charge in [0.15, 0.2) is 5.11 Å². The van der Waals surface area contributed by atoms with Gasteiger partial charge in [0.25, 0.3) is 0 Å². The number of anilines is 1. The molecule has 0 bridgehead atoms. The Balaban J connectivity index is 1.61. The summed E-state index contributed by atoms with van der Waals surface area (Å²) in [6, 6.07) is 12.9. The topological polar surface area (TPSA) is 52.7 Å². The Morgan fingerprint density at radius 3 is 2.35 bits per heavy atom. The molecule has 0 spiro atoms. The molecule has 138 valence electrons. The van der Waals surface area contributed by atoms with Crippen LogP contribution in [0, 0.1) is 12.7 Å². The van der Waals surface area contributed by atoms with Gasteiger partial charge in [0.05, 0.1) is 4.90 Å². The molecule has 0 aromatic heterocycles. The highest BCUT2D eigenvalue weighted by atomic mass is 32.2. The zero-order chi connectivity index (χ0) is 18.7. The minimum Gasteiger partial charge on any atom is -0.346 e. The molecule has 0 saturated carbocycles. The van der Waals surface area contributed by atoms with Gasteiger partial charge in [-0.3, -0.25) is 0 Å². The summed E-state index contributed by atoms with van der Waals surface area (Å²) in [5, 5.41) is 3.45. The summed E-state index contributed by atoms with van der Waals surface area (Å²) in [6.07, 6.45) is 0. The maximum Gasteiger partial charge on any atom is 0.243 e. The Kier molecular flexibility index (Phi) is 5.55. The maximum atomic E-state index is 13.3. The van der Waals surface area contributed by atoms with Crippen LogP contribution in [0.5, 0.6) is 0 Å². The van der Waals surface area contributed by atoms with E-state index >= 15 is 0 Å². The van der Waals surface area contributed by atoms with Gasteiger partial charge in [0, 0.05) is 31.9 Å². The summed E-state index contributed by atoms with van der Waals surface area (Å²) in [4.78, 5) is 2.19. The number of sulfonamides is 1. The first-order valence-corrected chi connectivity index (χ1v) is 10.1. The quantitative estimate of drug-likeness (QED) is 0.813. The molecule has 3 rings (SSSR count). The second-order valence-electron chi connectivity index (χ2n) is 6.14. The Bertz CT molecular complexity index is 893. The molecule has 5 nitrogen and oxygen atoms in total. The molecule has 8 heteroatoms. The highest BCUT2D eigenvalue weighted by Gasteiger charge is 2.29. The van der Waals surface area contributed by atoms with Crippen molar-refractivity contribution in [2.75, 3.05) is 31.5 Å². The molecule has 0 aliphatic carbocycles. The van der Waals surface area contributed by atoms with E-state index in [0.29, 0.717) is 41.9 Å². The van der Waals surface area contributed by atoms with Crippen molar-refractivity contribution in [3.63, 3.8) is 0 Å². The molecule has 1 aliphatic rings. The van der Waals surface area contributed by atoms with Gasteiger partial charge in [-0.2, -0.15) is 4.31 Å². The number of nitrogens with one attached hydrogen (secondary N) is 1. The van der Waals surface area contributed by atoms with Crippen molar-refractivity contribution in [3.8, 4) is 0 Å². The van der Waals surface area contributed by atoms with E-state index in [1.54, 1.807) is 36.4 Å².